The monoisotopic (exact) mass is 220 g/mol. The molecule has 1 aromatic rings. The van der Waals surface area contributed by atoms with Gasteiger partial charge in [0.1, 0.15) is 5.76 Å². The molecule has 1 saturated carbocycles. The first-order valence-corrected chi connectivity index (χ1v) is 6.32. The highest BCUT2D eigenvalue weighted by molar-refractivity contribution is 5.98. The minimum Gasteiger partial charge on any atom is -0.469 e. The number of rotatable bonds is 3. The van der Waals surface area contributed by atoms with Crippen LogP contribution in [0, 0.1) is 18.8 Å². The molecule has 0 aromatic carbocycles. The van der Waals surface area contributed by atoms with Gasteiger partial charge in [-0.3, -0.25) is 4.79 Å². The van der Waals surface area contributed by atoms with Crippen LogP contribution in [-0.4, -0.2) is 5.78 Å². The van der Waals surface area contributed by atoms with E-state index >= 15 is 0 Å². The molecule has 1 fully saturated rings. The normalized spacial score (nSPS) is 25.6. The van der Waals surface area contributed by atoms with Crippen molar-refractivity contribution >= 4 is 5.78 Å². The lowest BCUT2D eigenvalue weighted by Crippen LogP contribution is -2.27. The molecule has 0 bridgehead atoms. The largest absolute Gasteiger partial charge is 0.469 e. The van der Waals surface area contributed by atoms with Crippen LogP contribution in [0.3, 0.4) is 0 Å². The van der Waals surface area contributed by atoms with Gasteiger partial charge < -0.3 is 4.42 Å². The van der Waals surface area contributed by atoms with E-state index in [1.165, 1.54) is 19.3 Å². The highest BCUT2D eigenvalue weighted by Crippen LogP contribution is 2.35. The number of aryl methyl sites for hydroxylation is 1. The van der Waals surface area contributed by atoms with Gasteiger partial charge in [0.05, 0.1) is 11.8 Å². The zero-order valence-corrected chi connectivity index (χ0v) is 10.2. The highest BCUT2D eigenvalue weighted by Gasteiger charge is 2.31. The van der Waals surface area contributed by atoms with Crippen LogP contribution in [0.5, 0.6) is 0 Å². The molecule has 0 saturated heterocycles. The van der Waals surface area contributed by atoms with Crippen molar-refractivity contribution in [3.05, 3.63) is 23.7 Å². The summed E-state index contributed by atoms with van der Waals surface area (Å²) in [7, 11) is 0. The molecular formula is C14H20O2. The maximum Gasteiger partial charge on any atom is 0.169 e. The molecule has 0 N–H and O–H groups in total. The van der Waals surface area contributed by atoms with Gasteiger partial charge in [0.15, 0.2) is 5.78 Å². The molecule has 2 nitrogen and oxygen atoms in total. The first-order valence-electron chi connectivity index (χ1n) is 6.32. The summed E-state index contributed by atoms with van der Waals surface area (Å²) in [5.41, 5.74) is 0.797. The van der Waals surface area contributed by atoms with E-state index in [1.807, 2.05) is 13.0 Å². The number of hydrogen-bond donors (Lipinski definition) is 0. The van der Waals surface area contributed by atoms with Crippen LogP contribution >= 0.6 is 0 Å². The lowest BCUT2D eigenvalue weighted by Gasteiger charge is -2.29. The second-order valence-electron chi connectivity index (χ2n) is 4.81. The Morgan fingerprint density at radius 2 is 2.19 bits per heavy atom. The predicted molar refractivity (Wildman–Crippen MR) is 63.5 cm³/mol. The van der Waals surface area contributed by atoms with E-state index in [0.29, 0.717) is 11.7 Å². The van der Waals surface area contributed by atoms with Gasteiger partial charge in [0, 0.05) is 5.92 Å². The van der Waals surface area contributed by atoms with E-state index in [0.717, 1.165) is 24.2 Å². The molecule has 1 aliphatic carbocycles. The summed E-state index contributed by atoms with van der Waals surface area (Å²) in [6, 6.07) is 1.82. The van der Waals surface area contributed by atoms with Crippen LogP contribution in [0.4, 0.5) is 0 Å². The Bertz CT molecular complexity index is 365. The lowest BCUT2D eigenvalue weighted by atomic mass is 9.74. The predicted octanol–water partition coefficient (Wildman–Crippen LogP) is 3.99. The fourth-order valence-corrected chi connectivity index (χ4v) is 2.88. The second kappa shape index (κ2) is 4.86. The first-order chi connectivity index (χ1) is 7.74. The molecule has 2 heteroatoms. The van der Waals surface area contributed by atoms with Crippen molar-refractivity contribution in [3.63, 3.8) is 0 Å². The summed E-state index contributed by atoms with van der Waals surface area (Å²) in [4.78, 5) is 12.4. The van der Waals surface area contributed by atoms with Gasteiger partial charge in [-0.1, -0.05) is 26.2 Å². The van der Waals surface area contributed by atoms with Crippen LogP contribution < -0.4 is 0 Å². The van der Waals surface area contributed by atoms with Crippen molar-refractivity contribution < 1.29 is 9.21 Å². The van der Waals surface area contributed by atoms with E-state index in [-0.39, 0.29) is 5.92 Å². The molecule has 0 radical (unpaired) electrons. The Labute approximate surface area is 97.0 Å². The molecule has 16 heavy (non-hydrogen) atoms. The molecule has 0 spiro atoms. The van der Waals surface area contributed by atoms with Gasteiger partial charge in [-0.15, -0.1) is 0 Å². The highest BCUT2D eigenvalue weighted by atomic mass is 16.3. The molecular weight excluding hydrogens is 200 g/mol. The molecule has 88 valence electrons. The minimum atomic E-state index is 0.232. The van der Waals surface area contributed by atoms with Crippen molar-refractivity contribution in [1.29, 1.82) is 0 Å². The van der Waals surface area contributed by atoms with Gasteiger partial charge >= 0.3 is 0 Å². The molecule has 1 heterocycles. The summed E-state index contributed by atoms with van der Waals surface area (Å²) in [6.07, 6.45) is 7.49. The number of Topliss-reactive ketones (excluding diaryl/α,β-unsaturated/α-hetero) is 1. The van der Waals surface area contributed by atoms with Crippen LogP contribution in [0.1, 0.15) is 55.1 Å². The lowest BCUT2D eigenvalue weighted by molar-refractivity contribution is 0.0818. The molecule has 1 aliphatic rings. The van der Waals surface area contributed by atoms with E-state index in [1.54, 1.807) is 6.26 Å². The second-order valence-corrected chi connectivity index (χ2v) is 4.81. The zero-order chi connectivity index (χ0) is 11.5. The fourth-order valence-electron chi connectivity index (χ4n) is 2.88. The Hall–Kier alpha value is -1.05. The molecule has 2 atom stereocenters. The third kappa shape index (κ3) is 2.06. The summed E-state index contributed by atoms with van der Waals surface area (Å²) in [5.74, 6) is 1.88. The molecule has 2 unspecified atom stereocenters. The Morgan fingerprint density at radius 1 is 1.44 bits per heavy atom. The third-order valence-electron chi connectivity index (χ3n) is 3.89. The van der Waals surface area contributed by atoms with Gasteiger partial charge in [-0.05, 0) is 31.7 Å². The smallest absolute Gasteiger partial charge is 0.169 e. The summed E-state index contributed by atoms with van der Waals surface area (Å²) >= 11 is 0. The molecule has 0 aliphatic heterocycles. The quantitative estimate of drug-likeness (QED) is 0.721. The Balaban J connectivity index is 2.17. The standard InChI is InChI=1S/C14H20O2/c1-3-11-6-4-5-7-13(11)14(15)12-8-9-16-10(12)2/h8-9,11,13H,3-7H2,1-2H3. The minimum absolute atomic E-state index is 0.232. The average Bonchev–Trinajstić information content (AvgIpc) is 2.74. The van der Waals surface area contributed by atoms with Gasteiger partial charge in [-0.25, -0.2) is 0 Å². The van der Waals surface area contributed by atoms with Gasteiger partial charge in [0.2, 0.25) is 0 Å². The average molecular weight is 220 g/mol. The molecule has 2 rings (SSSR count). The first kappa shape index (κ1) is 11.4. The summed E-state index contributed by atoms with van der Waals surface area (Å²) < 4.78 is 5.22. The van der Waals surface area contributed by atoms with Crippen molar-refractivity contribution in [2.75, 3.05) is 0 Å². The van der Waals surface area contributed by atoms with Crippen LogP contribution in [0.25, 0.3) is 0 Å². The number of ketones is 1. The van der Waals surface area contributed by atoms with Crippen LogP contribution in [-0.2, 0) is 0 Å². The SMILES string of the molecule is CCC1CCCCC1C(=O)c1ccoc1C. The number of carbonyl (C=O) groups is 1. The molecule has 0 amide bonds. The number of hydrogen-bond acceptors (Lipinski definition) is 2. The number of carbonyl (C=O) groups excluding carboxylic acids is 1. The van der Waals surface area contributed by atoms with Crippen LogP contribution in [0.15, 0.2) is 16.7 Å². The fraction of sp³-hybridized carbons (Fsp3) is 0.643. The van der Waals surface area contributed by atoms with E-state index in [4.69, 9.17) is 4.42 Å². The van der Waals surface area contributed by atoms with Gasteiger partial charge in [0.25, 0.3) is 0 Å². The van der Waals surface area contributed by atoms with E-state index < -0.39 is 0 Å². The van der Waals surface area contributed by atoms with Crippen LogP contribution in [0.2, 0.25) is 0 Å². The van der Waals surface area contributed by atoms with Crippen molar-refractivity contribution in [2.45, 2.75) is 46.0 Å². The van der Waals surface area contributed by atoms with Crippen molar-refractivity contribution in [2.24, 2.45) is 11.8 Å². The van der Waals surface area contributed by atoms with Gasteiger partial charge in [-0.2, -0.15) is 0 Å². The van der Waals surface area contributed by atoms with E-state index in [2.05, 4.69) is 6.92 Å². The van der Waals surface area contributed by atoms with Crippen molar-refractivity contribution in [1.82, 2.24) is 0 Å². The Kier molecular flexibility index (Phi) is 3.47. The zero-order valence-electron chi connectivity index (χ0n) is 10.2. The number of furan rings is 1. The van der Waals surface area contributed by atoms with Crippen molar-refractivity contribution in [3.8, 4) is 0 Å². The third-order valence-corrected chi connectivity index (χ3v) is 3.89. The maximum atomic E-state index is 12.4. The molecule has 1 aromatic heterocycles. The maximum absolute atomic E-state index is 12.4. The summed E-state index contributed by atoms with van der Waals surface area (Å²) in [6.45, 7) is 4.06. The Morgan fingerprint density at radius 3 is 2.81 bits per heavy atom. The topological polar surface area (TPSA) is 30.2 Å². The summed E-state index contributed by atoms with van der Waals surface area (Å²) in [5, 5.41) is 0. The van der Waals surface area contributed by atoms with E-state index in [9.17, 15) is 4.79 Å².